The Morgan fingerprint density at radius 2 is 1.94 bits per heavy atom. The average Bonchev–Trinajstić information content (AvgIpc) is 2.41. The number of ether oxygens (including phenoxy) is 1. The van der Waals surface area contributed by atoms with Crippen LogP contribution in [-0.2, 0) is 22.9 Å². The van der Waals surface area contributed by atoms with Crippen molar-refractivity contribution in [3.63, 3.8) is 0 Å². The Bertz CT molecular complexity index is 436. The second kappa shape index (κ2) is 8.38. The minimum atomic E-state index is -0.239. The second-order valence-corrected chi connectivity index (χ2v) is 3.12. The van der Waals surface area contributed by atoms with E-state index < -0.39 is 0 Å². The predicted molar refractivity (Wildman–Crippen MR) is 64.9 cm³/mol. The summed E-state index contributed by atoms with van der Waals surface area (Å²) in [6.07, 6.45) is 0. The van der Waals surface area contributed by atoms with Crippen LogP contribution in [0.5, 0.6) is 5.75 Å². The van der Waals surface area contributed by atoms with Gasteiger partial charge in [-0.3, -0.25) is 0 Å². The zero-order valence-electron chi connectivity index (χ0n) is 9.20. The molecular weight excluding hydrogens is 336 g/mol. The van der Waals surface area contributed by atoms with Crippen LogP contribution in [0.2, 0.25) is 0 Å². The third kappa shape index (κ3) is 4.97. The molecule has 0 unspecified atom stereocenters. The molecule has 0 aromatic heterocycles. The first-order valence-corrected chi connectivity index (χ1v) is 11.9. The first-order chi connectivity index (χ1) is 8.36. The summed E-state index contributed by atoms with van der Waals surface area (Å²) in [6.45, 7) is 0.241. The summed E-state index contributed by atoms with van der Waals surface area (Å²) in [5.41, 5.74) is 0.557. The Morgan fingerprint density at radius 1 is 1.18 bits per heavy atom. The summed E-state index contributed by atoms with van der Waals surface area (Å²) in [6, 6.07) is 16.6. The van der Waals surface area contributed by atoms with Crippen molar-refractivity contribution in [2.45, 2.75) is 6.61 Å². The molecule has 2 aromatic carbocycles. The molecule has 0 N–H and O–H groups in total. The van der Waals surface area contributed by atoms with Gasteiger partial charge in [0.2, 0.25) is 0 Å². The Hall–Kier alpha value is -0.727. The normalized spacial score (nSPS) is 9.18. The van der Waals surface area contributed by atoms with Crippen LogP contribution in [0.25, 0.3) is 0 Å². The molecule has 1 nitrogen and oxygen atoms in total. The van der Waals surface area contributed by atoms with Crippen LogP contribution >= 0.6 is 13.6 Å². The number of rotatable bonds is 3. The molecule has 0 spiro atoms. The molecule has 0 amide bonds. The Balaban J connectivity index is 0.000000686. The van der Waals surface area contributed by atoms with Gasteiger partial charge in [-0.1, -0.05) is 18.2 Å². The van der Waals surface area contributed by atoms with Crippen molar-refractivity contribution in [3.8, 4) is 5.75 Å². The topological polar surface area (TPSA) is 9.23 Å². The average molecular weight is 347 g/mol. The standard InChI is InChI=1S/C13H10FO.BrH.Zn/c14-13-9-5-4-6-11(13)10-15-12-7-2-1-3-8-12;;/h1-2,4-9H,10H2;1H;/q-1;;+2/p-1. The van der Waals surface area contributed by atoms with Crippen molar-refractivity contribution in [2.75, 3.05) is 0 Å². The SMILES string of the molecule is Fc1ccccc1COc1c[c-]ccc1.[Zn+][Br]. The van der Waals surface area contributed by atoms with E-state index >= 15 is 0 Å². The summed E-state index contributed by atoms with van der Waals surface area (Å²) in [4.78, 5) is 0. The minimum absolute atomic E-state index is 0.239. The van der Waals surface area contributed by atoms with Gasteiger partial charge in [0.05, 0.1) is 6.61 Å². The number of halogens is 2. The first kappa shape index (κ1) is 14.3. The van der Waals surface area contributed by atoms with Gasteiger partial charge in [0.1, 0.15) is 5.82 Å². The van der Waals surface area contributed by atoms with Crippen molar-refractivity contribution >= 4 is 13.6 Å². The fourth-order valence-corrected chi connectivity index (χ4v) is 1.24. The zero-order valence-corrected chi connectivity index (χ0v) is 13.8. The zero-order chi connectivity index (χ0) is 12.5. The molecule has 0 aliphatic carbocycles. The molecule has 2 aromatic rings. The van der Waals surface area contributed by atoms with Crippen LogP contribution in [0.3, 0.4) is 0 Å². The Morgan fingerprint density at radius 3 is 2.59 bits per heavy atom. The van der Waals surface area contributed by atoms with E-state index in [0.717, 1.165) is 0 Å². The fraction of sp³-hybridized carbons (Fsp3) is 0.0769. The van der Waals surface area contributed by atoms with Crippen molar-refractivity contribution < 1.29 is 25.5 Å². The quantitative estimate of drug-likeness (QED) is 0.602. The molecule has 17 heavy (non-hydrogen) atoms. The molecule has 2 rings (SSSR count). The molecule has 0 aliphatic rings. The summed E-state index contributed by atoms with van der Waals surface area (Å²) >= 11 is 4.25. The van der Waals surface area contributed by atoms with Crippen LogP contribution in [0.4, 0.5) is 4.39 Å². The van der Waals surface area contributed by atoms with Crippen LogP contribution in [0.15, 0.2) is 48.5 Å². The van der Waals surface area contributed by atoms with Gasteiger partial charge in [-0.05, 0) is 6.07 Å². The van der Waals surface area contributed by atoms with Gasteiger partial charge >= 0.3 is 30.0 Å². The summed E-state index contributed by atoms with van der Waals surface area (Å²) in [7, 11) is 0. The number of benzene rings is 2. The molecule has 0 heterocycles. The molecule has 0 fully saturated rings. The Labute approximate surface area is 117 Å². The monoisotopic (exact) mass is 344 g/mol. The maximum absolute atomic E-state index is 13.2. The van der Waals surface area contributed by atoms with Gasteiger partial charge in [0.15, 0.2) is 0 Å². The van der Waals surface area contributed by atoms with Gasteiger partial charge in [0, 0.05) is 11.3 Å². The number of hydrogen-bond acceptors (Lipinski definition) is 1. The van der Waals surface area contributed by atoms with Crippen LogP contribution < -0.4 is 4.74 Å². The van der Waals surface area contributed by atoms with Crippen molar-refractivity contribution in [1.82, 2.24) is 0 Å². The molecule has 4 heteroatoms. The van der Waals surface area contributed by atoms with Gasteiger partial charge in [-0.2, -0.15) is 18.2 Å². The van der Waals surface area contributed by atoms with E-state index in [1.165, 1.54) is 22.4 Å². The summed E-state index contributed by atoms with van der Waals surface area (Å²) < 4.78 is 18.6. The molecule has 0 saturated heterocycles. The third-order valence-electron chi connectivity index (χ3n) is 2.03. The molecular formula is C13H10BrFOZn. The van der Waals surface area contributed by atoms with Gasteiger partial charge in [-0.25, -0.2) is 4.39 Å². The van der Waals surface area contributed by atoms with Crippen molar-refractivity contribution in [2.24, 2.45) is 0 Å². The van der Waals surface area contributed by atoms with Crippen LogP contribution in [0.1, 0.15) is 5.56 Å². The second-order valence-electron chi connectivity index (χ2n) is 3.12. The van der Waals surface area contributed by atoms with E-state index in [1.807, 2.05) is 12.1 Å². The van der Waals surface area contributed by atoms with Gasteiger partial charge in [0.25, 0.3) is 0 Å². The molecule has 0 radical (unpaired) electrons. The summed E-state index contributed by atoms with van der Waals surface area (Å²) in [5.74, 6) is 0.457. The third-order valence-corrected chi connectivity index (χ3v) is 2.03. The molecule has 84 valence electrons. The molecule has 0 aliphatic heterocycles. The van der Waals surface area contributed by atoms with Crippen LogP contribution in [-0.4, -0.2) is 0 Å². The van der Waals surface area contributed by atoms with Crippen LogP contribution in [0, 0.1) is 11.9 Å². The van der Waals surface area contributed by atoms with E-state index in [2.05, 4.69) is 19.7 Å². The number of hydrogen-bond donors (Lipinski definition) is 0. The first-order valence-electron chi connectivity index (χ1n) is 4.95. The molecule has 0 bridgehead atoms. The van der Waals surface area contributed by atoms with E-state index in [4.69, 9.17) is 4.74 Å². The van der Waals surface area contributed by atoms with E-state index in [1.54, 1.807) is 30.3 Å². The maximum atomic E-state index is 13.2. The Kier molecular flexibility index (Phi) is 7.06. The molecule has 0 saturated carbocycles. The van der Waals surface area contributed by atoms with Crippen molar-refractivity contribution in [3.05, 3.63) is 66.0 Å². The summed E-state index contributed by atoms with van der Waals surface area (Å²) in [5, 5.41) is 0. The van der Waals surface area contributed by atoms with E-state index in [9.17, 15) is 4.39 Å². The fourth-order valence-electron chi connectivity index (χ4n) is 1.24. The van der Waals surface area contributed by atoms with Gasteiger partial charge < -0.3 is 4.74 Å². The van der Waals surface area contributed by atoms with E-state index in [0.29, 0.717) is 11.3 Å². The molecule has 0 atom stereocenters. The van der Waals surface area contributed by atoms with E-state index in [-0.39, 0.29) is 12.4 Å². The predicted octanol–water partition coefficient (Wildman–Crippen LogP) is 4.05. The van der Waals surface area contributed by atoms with Gasteiger partial charge in [-0.15, -0.1) is 12.1 Å². The van der Waals surface area contributed by atoms with Crippen molar-refractivity contribution in [1.29, 1.82) is 0 Å².